The normalized spacial score (nSPS) is 15.8. The molecule has 1 saturated carbocycles. The van der Waals surface area contributed by atoms with E-state index >= 15 is 0 Å². The lowest BCUT2D eigenvalue weighted by Crippen LogP contribution is -2.36. The number of carbonyl (C=O) groups excluding carboxylic acids is 1. The zero-order chi connectivity index (χ0) is 14.5. The third-order valence-electron chi connectivity index (χ3n) is 3.47. The molecule has 1 fully saturated rings. The van der Waals surface area contributed by atoms with E-state index in [1.165, 1.54) is 12.8 Å². The van der Waals surface area contributed by atoms with Crippen LogP contribution in [0.1, 0.15) is 37.8 Å². The van der Waals surface area contributed by atoms with Crippen LogP contribution in [-0.4, -0.2) is 24.6 Å². The molecule has 0 spiro atoms. The lowest BCUT2D eigenvalue weighted by Gasteiger charge is -2.19. The fourth-order valence-corrected chi connectivity index (χ4v) is 2.11. The van der Waals surface area contributed by atoms with E-state index in [1.807, 2.05) is 26.0 Å². The lowest BCUT2D eigenvalue weighted by atomic mass is 10.1. The third kappa shape index (κ3) is 3.97. The van der Waals surface area contributed by atoms with Crippen molar-refractivity contribution in [1.82, 2.24) is 10.6 Å². The van der Waals surface area contributed by atoms with Crippen molar-refractivity contribution in [2.24, 2.45) is 0 Å². The average molecular weight is 276 g/mol. The van der Waals surface area contributed by atoms with E-state index in [-0.39, 0.29) is 5.91 Å². The second-order valence-electron chi connectivity index (χ2n) is 5.37. The highest BCUT2D eigenvalue weighted by atomic mass is 16.5. The lowest BCUT2D eigenvalue weighted by molar-refractivity contribution is -0.127. The first-order chi connectivity index (χ1) is 9.61. The van der Waals surface area contributed by atoms with E-state index in [2.05, 4.69) is 16.7 Å². The number of carbonyl (C=O) groups is 1. The molecule has 1 aromatic carbocycles. The minimum atomic E-state index is -0.476. The van der Waals surface area contributed by atoms with Crippen LogP contribution < -0.4 is 15.4 Å². The summed E-state index contributed by atoms with van der Waals surface area (Å²) < 4.78 is 5.89. The summed E-state index contributed by atoms with van der Waals surface area (Å²) in [5, 5.41) is 6.27. The highest BCUT2D eigenvalue weighted by Gasteiger charge is 2.22. The summed E-state index contributed by atoms with van der Waals surface area (Å²) in [6.45, 7) is 7.12. The largest absolute Gasteiger partial charge is 0.480 e. The zero-order valence-corrected chi connectivity index (χ0v) is 12.5. The number of benzene rings is 1. The SMILES string of the molecule is CCNC(=O)C(C)Oc1c(C)cccc1CNC1CC1. The molecule has 1 aliphatic carbocycles. The number of ether oxygens (including phenoxy) is 1. The van der Waals surface area contributed by atoms with Gasteiger partial charge < -0.3 is 15.4 Å². The molecular formula is C16H24N2O2. The number of para-hydroxylation sites is 1. The average Bonchev–Trinajstić information content (AvgIpc) is 3.23. The van der Waals surface area contributed by atoms with Crippen LogP contribution >= 0.6 is 0 Å². The highest BCUT2D eigenvalue weighted by Crippen LogP contribution is 2.26. The van der Waals surface area contributed by atoms with Gasteiger partial charge in [0.2, 0.25) is 0 Å². The summed E-state index contributed by atoms with van der Waals surface area (Å²) in [5.74, 6) is 0.760. The van der Waals surface area contributed by atoms with Crippen LogP contribution in [-0.2, 0) is 11.3 Å². The van der Waals surface area contributed by atoms with Gasteiger partial charge in [0.15, 0.2) is 6.10 Å². The van der Waals surface area contributed by atoms with Crippen molar-refractivity contribution in [1.29, 1.82) is 0 Å². The Labute approximate surface area is 120 Å². The quantitative estimate of drug-likeness (QED) is 0.802. The topological polar surface area (TPSA) is 50.4 Å². The van der Waals surface area contributed by atoms with Crippen LogP contribution in [0.4, 0.5) is 0 Å². The van der Waals surface area contributed by atoms with Gasteiger partial charge in [-0.15, -0.1) is 0 Å². The first kappa shape index (κ1) is 14.9. The summed E-state index contributed by atoms with van der Waals surface area (Å²) >= 11 is 0. The Kier molecular flexibility index (Phi) is 5.01. The van der Waals surface area contributed by atoms with Crippen LogP contribution in [0.15, 0.2) is 18.2 Å². The van der Waals surface area contributed by atoms with Gasteiger partial charge in [-0.25, -0.2) is 0 Å². The summed E-state index contributed by atoms with van der Waals surface area (Å²) in [5.41, 5.74) is 2.18. The number of hydrogen-bond donors (Lipinski definition) is 2. The molecule has 1 atom stereocenters. The van der Waals surface area contributed by atoms with Gasteiger partial charge in [-0.1, -0.05) is 18.2 Å². The Hall–Kier alpha value is -1.55. The van der Waals surface area contributed by atoms with Gasteiger partial charge in [0.1, 0.15) is 5.75 Å². The molecule has 0 aromatic heterocycles. The smallest absolute Gasteiger partial charge is 0.260 e. The van der Waals surface area contributed by atoms with Crippen molar-refractivity contribution >= 4 is 5.91 Å². The van der Waals surface area contributed by atoms with E-state index in [4.69, 9.17) is 4.74 Å². The van der Waals surface area contributed by atoms with Crippen molar-refractivity contribution < 1.29 is 9.53 Å². The van der Waals surface area contributed by atoms with Crippen molar-refractivity contribution in [2.45, 2.75) is 52.3 Å². The molecule has 4 heteroatoms. The molecule has 0 aliphatic heterocycles. The summed E-state index contributed by atoms with van der Waals surface area (Å²) in [6, 6.07) is 6.76. The number of rotatable bonds is 7. The Balaban J connectivity index is 2.05. The molecule has 4 nitrogen and oxygen atoms in total. The molecule has 2 rings (SSSR count). The Morgan fingerprint density at radius 1 is 1.45 bits per heavy atom. The minimum absolute atomic E-state index is 0.0724. The summed E-state index contributed by atoms with van der Waals surface area (Å²) in [7, 11) is 0. The fraction of sp³-hybridized carbons (Fsp3) is 0.562. The first-order valence-electron chi connectivity index (χ1n) is 7.38. The molecule has 0 saturated heterocycles. The third-order valence-corrected chi connectivity index (χ3v) is 3.47. The Bertz CT molecular complexity index is 470. The second-order valence-corrected chi connectivity index (χ2v) is 5.37. The molecule has 0 heterocycles. The van der Waals surface area contributed by atoms with E-state index in [1.54, 1.807) is 6.92 Å². The summed E-state index contributed by atoms with van der Waals surface area (Å²) in [6.07, 6.45) is 2.05. The maximum absolute atomic E-state index is 11.8. The van der Waals surface area contributed by atoms with E-state index in [0.29, 0.717) is 12.6 Å². The van der Waals surface area contributed by atoms with Gasteiger partial charge in [-0.05, 0) is 39.2 Å². The molecule has 0 bridgehead atoms. The van der Waals surface area contributed by atoms with Crippen LogP contribution in [0.25, 0.3) is 0 Å². The number of nitrogens with one attached hydrogen (secondary N) is 2. The Morgan fingerprint density at radius 3 is 2.85 bits per heavy atom. The molecule has 20 heavy (non-hydrogen) atoms. The van der Waals surface area contributed by atoms with E-state index in [9.17, 15) is 4.79 Å². The molecule has 1 unspecified atom stereocenters. The molecule has 2 N–H and O–H groups in total. The molecule has 110 valence electrons. The molecule has 1 aromatic rings. The van der Waals surface area contributed by atoms with Crippen molar-refractivity contribution in [2.75, 3.05) is 6.54 Å². The van der Waals surface area contributed by atoms with Crippen LogP contribution in [0.5, 0.6) is 5.75 Å². The summed E-state index contributed by atoms with van der Waals surface area (Å²) in [4.78, 5) is 11.8. The fourth-order valence-electron chi connectivity index (χ4n) is 2.11. The van der Waals surface area contributed by atoms with Gasteiger partial charge in [-0.3, -0.25) is 4.79 Å². The van der Waals surface area contributed by atoms with Crippen LogP contribution in [0.3, 0.4) is 0 Å². The van der Waals surface area contributed by atoms with Crippen molar-refractivity contribution in [3.05, 3.63) is 29.3 Å². The van der Waals surface area contributed by atoms with Gasteiger partial charge in [0, 0.05) is 24.7 Å². The van der Waals surface area contributed by atoms with E-state index < -0.39 is 6.10 Å². The predicted molar refractivity (Wildman–Crippen MR) is 79.8 cm³/mol. The van der Waals surface area contributed by atoms with Crippen LogP contribution in [0.2, 0.25) is 0 Å². The van der Waals surface area contributed by atoms with Gasteiger partial charge in [0.05, 0.1) is 0 Å². The zero-order valence-electron chi connectivity index (χ0n) is 12.5. The second kappa shape index (κ2) is 6.75. The highest BCUT2D eigenvalue weighted by molar-refractivity contribution is 5.80. The number of hydrogen-bond acceptors (Lipinski definition) is 3. The maximum Gasteiger partial charge on any atom is 0.260 e. The van der Waals surface area contributed by atoms with Gasteiger partial charge in [-0.2, -0.15) is 0 Å². The van der Waals surface area contributed by atoms with Crippen molar-refractivity contribution in [3.63, 3.8) is 0 Å². The van der Waals surface area contributed by atoms with Crippen LogP contribution in [0, 0.1) is 6.92 Å². The van der Waals surface area contributed by atoms with E-state index in [0.717, 1.165) is 23.4 Å². The molecule has 0 radical (unpaired) electrons. The van der Waals surface area contributed by atoms with Gasteiger partial charge >= 0.3 is 0 Å². The molecule has 1 aliphatic rings. The monoisotopic (exact) mass is 276 g/mol. The minimum Gasteiger partial charge on any atom is -0.480 e. The number of aryl methyl sites for hydroxylation is 1. The number of likely N-dealkylation sites (N-methyl/N-ethyl adjacent to an activating group) is 1. The molecular weight excluding hydrogens is 252 g/mol. The first-order valence-corrected chi connectivity index (χ1v) is 7.38. The molecule has 1 amide bonds. The number of amides is 1. The maximum atomic E-state index is 11.8. The van der Waals surface area contributed by atoms with Crippen molar-refractivity contribution in [3.8, 4) is 5.75 Å². The van der Waals surface area contributed by atoms with Gasteiger partial charge in [0.25, 0.3) is 5.91 Å². The standard InChI is InChI=1S/C16H24N2O2/c1-4-17-16(19)12(3)20-15-11(2)6-5-7-13(15)10-18-14-8-9-14/h5-7,12,14,18H,4,8-10H2,1-3H3,(H,17,19). The Morgan fingerprint density at radius 2 is 2.20 bits per heavy atom. The predicted octanol–water partition coefficient (Wildman–Crippen LogP) is 2.15.